The van der Waals surface area contributed by atoms with Crippen molar-refractivity contribution in [3.05, 3.63) is 47.5 Å². The van der Waals surface area contributed by atoms with Crippen LogP contribution in [0.1, 0.15) is 44.1 Å². The zero-order valence-corrected chi connectivity index (χ0v) is 14.0. The number of amides is 2. The van der Waals surface area contributed by atoms with Crippen molar-refractivity contribution in [1.29, 1.82) is 0 Å². The summed E-state index contributed by atoms with van der Waals surface area (Å²) in [7, 11) is 0. The Morgan fingerprint density at radius 1 is 1.21 bits per heavy atom. The molecule has 0 saturated heterocycles. The fourth-order valence-corrected chi connectivity index (χ4v) is 2.96. The number of rotatable bonds is 9. The molecule has 130 valence electrons. The summed E-state index contributed by atoms with van der Waals surface area (Å²) in [5.41, 5.74) is 2.51. The lowest BCUT2D eigenvalue weighted by atomic mass is 10.0. The molecule has 5 nitrogen and oxygen atoms in total. The molecule has 1 aromatic carbocycles. The molecule has 0 radical (unpaired) electrons. The predicted molar refractivity (Wildman–Crippen MR) is 93.9 cm³/mol. The predicted octanol–water partition coefficient (Wildman–Crippen LogP) is 3.26. The maximum absolute atomic E-state index is 12.1. The minimum Gasteiger partial charge on any atom is -0.481 e. The number of carbonyl (C=O) groups excluding carboxylic acids is 1. The van der Waals surface area contributed by atoms with Crippen LogP contribution in [0.3, 0.4) is 0 Å². The van der Waals surface area contributed by atoms with Gasteiger partial charge in [0.1, 0.15) is 0 Å². The fraction of sp³-hybridized carbons (Fsp3) is 0.474. The quantitative estimate of drug-likeness (QED) is 0.608. The summed E-state index contributed by atoms with van der Waals surface area (Å²) in [5.74, 6) is -0.844. The van der Waals surface area contributed by atoms with E-state index in [1.165, 1.54) is 12.0 Å². The first-order valence-electron chi connectivity index (χ1n) is 8.61. The Labute approximate surface area is 143 Å². The molecule has 0 fully saturated rings. The Balaban J connectivity index is 1.79. The van der Waals surface area contributed by atoms with Crippen LogP contribution in [-0.2, 0) is 11.2 Å². The molecule has 0 spiro atoms. The molecule has 3 N–H and O–H groups in total. The highest BCUT2D eigenvalue weighted by Crippen LogP contribution is 2.19. The number of benzene rings is 1. The highest BCUT2D eigenvalue weighted by atomic mass is 16.4. The molecule has 1 unspecified atom stereocenters. The maximum atomic E-state index is 12.1. The molecule has 24 heavy (non-hydrogen) atoms. The van der Waals surface area contributed by atoms with Crippen LogP contribution in [0.15, 0.2) is 42.0 Å². The Hall–Kier alpha value is -2.30. The summed E-state index contributed by atoms with van der Waals surface area (Å²) >= 11 is 0. The van der Waals surface area contributed by atoms with Crippen LogP contribution in [0, 0.1) is 0 Å². The van der Waals surface area contributed by atoms with Gasteiger partial charge in [-0.05, 0) is 44.1 Å². The monoisotopic (exact) mass is 330 g/mol. The summed E-state index contributed by atoms with van der Waals surface area (Å²) in [6.45, 7) is 0.620. The summed E-state index contributed by atoms with van der Waals surface area (Å²) in [4.78, 5) is 22.9. The van der Waals surface area contributed by atoms with E-state index in [1.54, 1.807) is 0 Å². The number of urea groups is 1. The maximum Gasteiger partial charge on any atom is 0.315 e. The second-order valence-electron chi connectivity index (χ2n) is 6.22. The Bertz CT molecular complexity index is 569. The number of carboxylic acid groups (broad SMARTS) is 1. The van der Waals surface area contributed by atoms with Gasteiger partial charge in [-0.1, -0.05) is 42.0 Å². The van der Waals surface area contributed by atoms with Gasteiger partial charge in [0.25, 0.3) is 0 Å². The van der Waals surface area contributed by atoms with Crippen LogP contribution in [0.5, 0.6) is 0 Å². The molecule has 2 rings (SSSR count). The molecule has 0 aliphatic heterocycles. The molecule has 0 saturated carbocycles. The Morgan fingerprint density at radius 3 is 2.67 bits per heavy atom. The molecule has 5 heteroatoms. The van der Waals surface area contributed by atoms with Crippen LogP contribution in [0.25, 0.3) is 0 Å². The van der Waals surface area contributed by atoms with Crippen molar-refractivity contribution in [3.63, 3.8) is 0 Å². The van der Waals surface area contributed by atoms with Gasteiger partial charge in [0.2, 0.25) is 0 Å². The van der Waals surface area contributed by atoms with E-state index in [4.69, 9.17) is 5.11 Å². The van der Waals surface area contributed by atoms with E-state index in [1.807, 2.05) is 30.3 Å². The second-order valence-corrected chi connectivity index (χ2v) is 6.22. The zero-order valence-electron chi connectivity index (χ0n) is 14.0. The molecule has 0 aromatic heterocycles. The fourth-order valence-electron chi connectivity index (χ4n) is 2.96. The standard InChI is InChI=1S/C19H26N2O3/c22-18(23)11-10-17(14-16-8-2-1-3-9-16)21-19(24)20-13-12-15-6-4-5-7-15/h1-3,6,8-9,17H,4-5,7,10-14H2,(H,22,23)(H2,20,21,24). The lowest BCUT2D eigenvalue weighted by Crippen LogP contribution is -2.43. The molecule has 1 aliphatic carbocycles. The van der Waals surface area contributed by atoms with Crippen molar-refractivity contribution in [2.45, 2.75) is 51.0 Å². The van der Waals surface area contributed by atoms with Gasteiger partial charge >= 0.3 is 12.0 Å². The minimum absolute atomic E-state index is 0.0463. The van der Waals surface area contributed by atoms with E-state index in [-0.39, 0.29) is 18.5 Å². The van der Waals surface area contributed by atoms with E-state index in [9.17, 15) is 9.59 Å². The first-order chi connectivity index (χ1) is 11.6. The Kier molecular flexibility index (Phi) is 7.33. The van der Waals surface area contributed by atoms with Crippen LogP contribution >= 0.6 is 0 Å². The van der Waals surface area contributed by atoms with Crippen molar-refractivity contribution < 1.29 is 14.7 Å². The van der Waals surface area contributed by atoms with Crippen molar-refractivity contribution in [2.24, 2.45) is 0 Å². The number of hydrogen-bond acceptors (Lipinski definition) is 2. The molecule has 1 aromatic rings. The van der Waals surface area contributed by atoms with Crippen LogP contribution in [0.2, 0.25) is 0 Å². The van der Waals surface area contributed by atoms with Crippen molar-refractivity contribution in [3.8, 4) is 0 Å². The normalized spacial score (nSPS) is 14.8. The van der Waals surface area contributed by atoms with Crippen molar-refractivity contribution in [2.75, 3.05) is 6.54 Å². The van der Waals surface area contributed by atoms with E-state index in [0.29, 0.717) is 19.4 Å². The number of nitrogens with one attached hydrogen (secondary N) is 2. The molecule has 1 aliphatic rings. The summed E-state index contributed by atoms with van der Waals surface area (Å²) in [5, 5.41) is 14.7. The van der Waals surface area contributed by atoms with Crippen molar-refractivity contribution >= 4 is 12.0 Å². The van der Waals surface area contributed by atoms with Gasteiger partial charge in [-0.15, -0.1) is 0 Å². The first kappa shape index (κ1) is 18.0. The van der Waals surface area contributed by atoms with Crippen LogP contribution in [-0.4, -0.2) is 29.7 Å². The topological polar surface area (TPSA) is 78.4 Å². The van der Waals surface area contributed by atoms with E-state index in [0.717, 1.165) is 24.8 Å². The van der Waals surface area contributed by atoms with E-state index in [2.05, 4.69) is 16.7 Å². The molecular weight excluding hydrogens is 304 g/mol. The largest absolute Gasteiger partial charge is 0.481 e. The van der Waals surface area contributed by atoms with E-state index >= 15 is 0 Å². The third kappa shape index (κ3) is 6.86. The van der Waals surface area contributed by atoms with Gasteiger partial charge in [-0.25, -0.2) is 4.79 Å². The number of allylic oxidation sites excluding steroid dienone is 1. The van der Waals surface area contributed by atoms with Gasteiger partial charge < -0.3 is 15.7 Å². The van der Waals surface area contributed by atoms with Gasteiger partial charge in [0.15, 0.2) is 0 Å². The number of carbonyl (C=O) groups is 2. The van der Waals surface area contributed by atoms with Gasteiger partial charge in [-0.3, -0.25) is 4.79 Å². The van der Waals surface area contributed by atoms with Crippen LogP contribution in [0.4, 0.5) is 4.79 Å². The van der Waals surface area contributed by atoms with E-state index < -0.39 is 5.97 Å². The highest BCUT2D eigenvalue weighted by Gasteiger charge is 2.15. The third-order valence-electron chi connectivity index (χ3n) is 4.23. The Morgan fingerprint density at radius 2 is 2.00 bits per heavy atom. The van der Waals surface area contributed by atoms with Gasteiger partial charge in [-0.2, -0.15) is 0 Å². The van der Waals surface area contributed by atoms with Crippen molar-refractivity contribution in [1.82, 2.24) is 10.6 Å². The zero-order chi connectivity index (χ0) is 17.2. The van der Waals surface area contributed by atoms with Gasteiger partial charge in [0.05, 0.1) is 0 Å². The number of carboxylic acids is 1. The highest BCUT2D eigenvalue weighted by molar-refractivity contribution is 5.74. The molecular formula is C19H26N2O3. The molecule has 1 atom stereocenters. The SMILES string of the molecule is O=C(O)CCC(Cc1ccccc1)NC(=O)NCCC1=CCCC1. The number of aliphatic carboxylic acids is 1. The summed E-state index contributed by atoms with van der Waals surface area (Å²) in [6, 6.07) is 9.39. The first-order valence-corrected chi connectivity index (χ1v) is 8.61. The lowest BCUT2D eigenvalue weighted by molar-refractivity contribution is -0.137. The lowest BCUT2D eigenvalue weighted by Gasteiger charge is -2.19. The molecule has 0 bridgehead atoms. The summed E-state index contributed by atoms with van der Waals surface area (Å²) < 4.78 is 0. The van der Waals surface area contributed by atoms with Gasteiger partial charge in [0, 0.05) is 19.0 Å². The smallest absolute Gasteiger partial charge is 0.315 e. The average Bonchev–Trinajstić information content (AvgIpc) is 3.07. The minimum atomic E-state index is -0.844. The second kappa shape index (κ2) is 9.75. The number of hydrogen-bond donors (Lipinski definition) is 3. The summed E-state index contributed by atoms with van der Waals surface area (Å²) in [6.07, 6.45) is 7.75. The molecule has 0 heterocycles. The van der Waals surface area contributed by atoms with Crippen LogP contribution < -0.4 is 10.6 Å². The molecule has 2 amide bonds. The third-order valence-corrected chi connectivity index (χ3v) is 4.23. The average molecular weight is 330 g/mol.